The standard InChI is InChI=1S/C6H10O2/c1-2-4-8-6-5-7-3-1/h1-2H,3-6H2/b2-1-. The van der Waals surface area contributed by atoms with Crippen LogP contribution in [0.1, 0.15) is 0 Å². The maximum atomic E-state index is 5.06. The summed E-state index contributed by atoms with van der Waals surface area (Å²) in [5.41, 5.74) is 0. The summed E-state index contributed by atoms with van der Waals surface area (Å²) in [5.74, 6) is 0. The van der Waals surface area contributed by atoms with Gasteiger partial charge in [-0.25, -0.2) is 0 Å². The number of hydrogen-bond donors (Lipinski definition) is 0. The monoisotopic (exact) mass is 114 g/mol. The Balaban J connectivity index is 2.17. The van der Waals surface area contributed by atoms with Crippen LogP contribution < -0.4 is 0 Å². The van der Waals surface area contributed by atoms with Crippen LogP contribution in [0.25, 0.3) is 0 Å². The highest BCUT2D eigenvalue weighted by atomic mass is 16.5. The lowest BCUT2D eigenvalue weighted by atomic mass is 10.5. The van der Waals surface area contributed by atoms with Crippen LogP contribution in [0, 0.1) is 0 Å². The van der Waals surface area contributed by atoms with E-state index in [0.29, 0.717) is 0 Å². The van der Waals surface area contributed by atoms with E-state index in [2.05, 4.69) is 0 Å². The van der Waals surface area contributed by atoms with Crippen molar-refractivity contribution in [2.24, 2.45) is 0 Å². The molecule has 1 aliphatic heterocycles. The molecule has 0 bridgehead atoms. The highest BCUT2D eigenvalue weighted by molar-refractivity contribution is 4.81. The molecule has 8 heavy (non-hydrogen) atoms. The van der Waals surface area contributed by atoms with E-state index >= 15 is 0 Å². The van der Waals surface area contributed by atoms with Crippen LogP contribution in [-0.2, 0) is 9.47 Å². The average Bonchev–Trinajstić information content (AvgIpc) is 1.62. The lowest BCUT2D eigenvalue weighted by Crippen LogP contribution is -2.06. The van der Waals surface area contributed by atoms with Crippen molar-refractivity contribution in [2.75, 3.05) is 26.4 Å². The van der Waals surface area contributed by atoms with Crippen LogP contribution in [0.5, 0.6) is 0 Å². The van der Waals surface area contributed by atoms with E-state index in [0.717, 1.165) is 26.4 Å². The molecule has 2 nitrogen and oxygen atoms in total. The van der Waals surface area contributed by atoms with Gasteiger partial charge in [-0.2, -0.15) is 0 Å². The molecule has 0 aliphatic carbocycles. The molecule has 0 fully saturated rings. The molecule has 0 amide bonds. The highest BCUT2D eigenvalue weighted by Gasteiger charge is 1.88. The molecule has 0 N–H and O–H groups in total. The predicted molar refractivity (Wildman–Crippen MR) is 30.8 cm³/mol. The van der Waals surface area contributed by atoms with Gasteiger partial charge in [0.25, 0.3) is 0 Å². The van der Waals surface area contributed by atoms with Crippen molar-refractivity contribution in [3.63, 3.8) is 0 Å². The molecule has 0 saturated heterocycles. The molecular weight excluding hydrogens is 104 g/mol. The van der Waals surface area contributed by atoms with Gasteiger partial charge in [0, 0.05) is 0 Å². The SMILES string of the molecule is C1=C\COCCOC/1. The predicted octanol–water partition coefficient (Wildman–Crippen LogP) is 0.589. The van der Waals surface area contributed by atoms with Crippen molar-refractivity contribution in [1.82, 2.24) is 0 Å². The van der Waals surface area contributed by atoms with Crippen molar-refractivity contribution in [3.8, 4) is 0 Å². The maximum absolute atomic E-state index is 5.06. The first-order chi connectivity index (χ1) is 4.00. The van der Waals surface area contributed by atoms with Crippen LogP contribution in [0.4, 0.5) is 0 Å². The first-order valence-electron chi connectivity index (χ1n) is 2.80. The third-order valence-corrected chi connectivity index (χ3v) is 0.967. The van der Waals surface area contributed by atoms with Gasteiger partial charge in [-0.1, -0.05) is 12.2 Å². The normalized spacial score (nSPS) is 26.0. The number of ether oxygens (including phenoxy) is 2. The summed E-state index contributed by atoms with van der Waals surface area (Å²) in [4.78, 5) is 0. The van der Waals surface area contributed by atoms with Gasteiger partial charge < -0.3 is 9.47 Å². The first-order valence-corrected chi connectivity index (χ1v) is 2.80. The quantitative estimate of drug-likeness (QED) is 0.429. The van der Waals surface area contributed by atoms with E-state index in [1.54, 1.807) is 0 Å². The van der Waals surface area contributed by atoms with Crippen LogP contribution >= 0.6 is 0 Å². The Hall–Kier alpha value is -0.340. The van der Waals surface area contributed by atoms with Gasteiger partial charge in [0.2, 0.25) is 0 Å². The van der Waals surface area contributed by atoms with Crippen LogP contribution in [0.2, 0.25) is 0 Å². The van der Waals surface area contributed by atoms with Crippen LogP contribution in [0.3, 0.4) is 0 Å². The lowest BCUT2D eigenvalue weighted by molar-refractivity contribution is 0.0638. The minimum atomic E-state index is 0.727. The molecule has 0 saturated carbocycles. The smallest absolute Gasteiger partial charge is 0.0704 e. The van der Waals surface area contributed by atoms with E-state index in [1.807, 2.05) is 12.2 Å². The fourth-order valence-corrected chi connectivity index (χ4v) is 0.557. The molecule has 0 atom stereocenters. The van der Waals surface area contributed by atoms with E-state index in [9.17, 15) is 0 Å². The van der Waals surface area contributed by atoms with Crippen molar-refractivity contribution in [1.29, 1.82) is 0 Å². The van der Waals surface area contributed by atoms with Gasteiger partial charge in [-0.15, -0.1) is 0 Å². The Morgan fingerprint density at radius 1 is 0.875 bits per heavy atom. The fourth-order valence-electron chi connectivity index (χ4n) is 0.557. The third-order valence-electron chi connectivity index (χ3n) is 0.967. The van der Waals surface area contributed by atoms with Crippen molar-refractivity contribution in [2.45, 2.75) is 0 Å². The largest absolute Gasteiger partial charge is 0.375 e. The Morgan fingerprint density at radius 3 is 1.88 bits per heavy atom. The van der Waals surface area contributed by atoms with Crippen LogP contribution in [-0.4, -0.2) is 26.4 Å². The molecule has 0 aromatic rings. The molecule has 0 radical (unpaired) electrons. The van der Waals surface area contributed by atoms with Gasteiger partial charge in [-0.05, 0) is 0 Å². The van der Waals surface area contributed by atoms with Crippen molar-refractivity contribution >= 4 is 0 Å². The Bertz CT molecular complexity index is 68.6. The van der Waals surface area contributed by atoms with Gasteiger partial charge in [0.05, 0.1) is 26.4 Å². The summed E-state index contributed by atoms with van der Waals surface area (Å²) in [6, 6.07) is 0. The molecule has 0 aromatic carbocycles. The molecule has 46 valence electrons. The number of rotatable bonds is 0. The molecule has 0 spiro atoms. The van der Waals surface area contributed by atoms with E-state index < -0.39 is 0 Å². The van der Waals surface area contributed by atoms with Crippen molar-refractivity contribution < 1.29 is 9.47 Å². The molecule has 0 unspecified atom stereocenters. The second-order valence-corrected chi connectivity index (χ2v) is 1.62. The van der Waals surface area contributed by atoms with E-state index in [1.165, 1.54) is 0 Å². The number of hydrogen-bond acceptors (Lipinski definition) is 2. The zero-order valence-electron chi connectivity index (χ0n) is 4.80. The van der Waals surface area contributed by atoms with Crippen molar-refractivity contribution in [3.05, 3.63) is 12.2 Å². The zero-order chi connectivity index (χ0) is 5.66. The fraction of sp³-hybridized carbons (Fsp3) is 0.667. The Kier molecular flexibility index (Phi) is 2.63. The third kappa shape index (κ3) is 2.09. The molecule has 1 aliphatic rings. The second-order valence-electron chi connectivity index (χ2n) is 1.62. The summed E-state index contributed by atoms with van der Waals surface area (Å²) in [7, 11) is 0. The minimum Gasteiger partial charge on any atom is -0.375 e. The summed E-state index contributed by atoms with van der Waals surface area (Å²) in [6.07, 6.45) is 3.94. The molecule has 1 rings (SSSR count). The Labute approximate surface area is 49.1 Å². The first kappa shape index (κ1) is 5.79. The Morgan fingerprint density at radius 2 is 1.38 bits per heavy atom. The zero-order valence-corrected chi connectivity index (χ0v) is 4.80. The summed E-state index contributed by atoms with van der Waals surface area (Å²) in [5, 5.41) is 0. The van der Waals surface area contributed by atoms with E-state index in [-0.39, 0.29) is 0 Å². The maximum Gasteiger partial charge on any atom is 0.0704 e. The van der Waals surface area contributed by atoms with Crippen LogP contribution in [0.15, 0.2) is 12.2 Å². The topological polar surface area (TPSA) is 18.5 Å². The summed E-state index contributed by atoms with van der Waals surface area (Å²) in [6.45, 7) is 2.93. The van der Waals surface area contributed by atoms with Gasteiger partial charge >= 0.3 is 0 Å². The average molecular weight is 114 g/mol. The molecule has 1 heterocycles. The van der Waals surface area contributed by atoms with E-state index in [4.69, 9.17) is 9.47 Å². The van der Waals surface area contributed by atoms with Gasteiger partial charge in [0.15, 0.2) is 0 Å². The summed E-state index contributed by atoms with van der Waals surface area (Å²) >= 11 is 0. The summed E-state index contributed by atoms with van der Waals surface area (Å²) < 4.78 is 10.1. The highest BCUT2D eigenvalue weighted by Crippen LogP contribution is 1.85. The lowest BCUT2D eigenvalue weighted by Gasteiger charge is -2.04. The second kappa shape index (κ2) is 3.64. The van der Waals surface area contributed by atoms with Gasteiger partial charge in [-0.3, -0.25) is 0 Å². The van der Waals surface area contributed by atoms with Gasteiger partial charge in [0.1, 0.15) is 0 Å². The molecule has 2 heteroatoms. The minimum absolute atomic E-state index is 0.727. The molecule has 0 aromatic heterocycles. The molecular formula is C6H10O2.